The minimum atomic E-state index is -3.65. The van der Waals surface area contributed by atoms with E-state index in [1.807, 2.05) is 45.9 Å². The van der Waals surface area contributed by atoms with Crippen molar-refractivity contribution in [2.75, 3.05) is 4.72 Å². The summed E-state index contributed by atoms with van der Waals surface area (Å²) >= 11 is 0. The molecule has 0 aliphatic carbocycles. The zero-order chi connectivity index (χ0) is 17.5. The molecule has 0 saturated heterocycles. The summed E-state index contributed by atoms with van der Waals surface area (Å²) in [4.78, 5) is 4.68. The van der Waals surface area contributed by atoms with Crippen LogP contribution >= 0.6 is 0 Å². The first-order chi connectivity index (χ1) is 11.3. The molecule has 0 amide bonds. The number of rotatable bonds is 4. The van der Waals surface area contributed by atoms with E-state index in [1.165, 1.54) is 0 Å². The summed E-state index contributed by atoms with van der Waals surface area (Å²) in [5.41, 5.74) is 4.22. The highest BCUT2D eigenvalue weighted by atomic mass is 32.2. The lowest BCUT2D eigenvalue weighted by atomic mass is 10.1. The Morgan fingerprint density at radius 1 is 1.08 bits per heavy atom. The Labute approximate surface area is 142 Å². The quantitative estimate of drug-likeness (QED) is 0.784. The van der Waals surface area contributed by atoms with Gasteiger partial charge in [-0.2, -0.15) is 0 Å². The first-order valence-electron chi connectivity index (χ1n) is 7.89. The zero-order valence-corrected chi connectivity index (χ0v) is 15.1. The fourth-order valence-electron chi connectivity index (χ4n) is 2.93. The van der Waals surface area contributed by atoms with Crippen molar-refractivity contribution in [2.24, 2.45) is 0 Å². The molecule has 0 saturated carbocycles. The Balaban J connectivity index is 2.02. The van der Waals surface area contributed by atoms with Gasteiger partial charge in [0.15, 0.2) is 0 Å². The van der Waals surface area contributed by atoms with Gasteiger partial charge in [0.25, 0.3) is 10.0 Å². The molecule has 24 heavy (non-hydrogen) atoms. The highest BCUT2D eigenvalue weighted by Gasteiger charge is 2.17. The number of imidazole rings is 1. The molecule has 1 heterocycles. The third kappa shape index (κ3) is 2.89. The average Bonchev–Trinajstić information content (AvgIpc) is 2.84. The maximum Gasteiger partial charge on any atom is 0.261 e. The molecule has 3 aromatic rings. The monoisotopic (exact) mass is 343 g/mol. The van der Waals surface area contributed by atoms with Crippen LogP contribution in [0.25, 0.3) is 11.0 Å². The second-order valence-electron chi connectivity index (χ2n) is 5.98. The molecule has 3 rings (SSSR count). The fourth-order valence-corrected chi connectivity index (χ4v) is 4.08. The molecule has 0 atom stereocenters. The Morgan fingerprint density at radius 3 is 2.50 bits per heavy atom. The van der Waals surface area contributed by atoms with Crippen LogP contribution in [0.3, 0.4) is 0 Å². The summed E-state index contributed by atoms with van der Waals surface area (Å²) in [5.74, 6) is 0.879. The van der Waals surface area contributed by atoms with Crippen LogP contribution in [0.15, 0.2) is 41.3 Å². The van der Waals surface area contributed by atoms with Crippen molar-refractivity contribution in [3.63, 3.8) is 0 Å². The number of nitrogens with one attached hydrogen (secondary N) is 1. The number of nitrogens with zero attached hydrogens (tertiary/aromatic N) is 2. The predicted octanol–water partition coefficient (Wildman–Crippen LogP) is 3.78. The molecule has 5 nitrogen and oxygen atoms in total. The van der Waals surface area contributed by atoms with Gasteiger partial charge in [-0.1, -0.05) is 17.7 Å². The van der Waals surface area contributed by atoms with Crippen molar-refractivity contribution >= 4 is 26.7 Å². The van der Waals surface area contributed by atoms with Crippen molar-refractivity contribution in [3.05, 3.63) is 53.3 Å². The van der Waals surface area contributed by atoms with E-state index < -0.39 is 10.0 Å². The second-order valence-corrected chi connectivity index (χ2v) is 7.66. The van der Waals surface area contributed by atoms with Crippen LogP contribution in [0, 0.1) is 20.8 Å². The first kappa shape index (κ1) is 16.5. The van der Waals surface area contributed by atoms with Gasteiger partial charge >= 0.3 is 0 Å². The number of aryl methyl sites for hydroxylation is 4. The first-order valence-corrected chi connectivity index (χ1v) is 9.37. The summed E-state index contributed by atoms with van der Waals surface area (Å²) in [6.07, 6.45) is 0. The number of hydrogen-bond acceptors (Lipinski definition) is 3. The van der Waals surface area contributed by atoms with Crippen molar-refractivity contribution < 1.29 is 8.42 Å². The van der Waals surface area contributed by atoms with E-state index in [2.05, 4.69) is 14.3 Å². The molecule has 0 aliphatic heterocycles. The summed E-state index contributed by atoms with van der Waals surface area (Å²) in [6.45, 7) is 8.63. The topological polar surface area (TPSA) is 64.0 Å². The van der Waals surface area contributed by atoms with Crippen LogP contribution in [0.4, 0.5) is 5.69 Å². The van der Waals surface area contributed by atoms with E-state index in [1.54, 1.807) is 18.2 Å². The van der Waals surface area contributed by atoms with Gasteiger partial charge < -0.3 is 4.57 Å². The Bertz CT molecular complexity index is 1020. The Kier molecular flexibility index (Phi) is 4.09. The smallest absolute Gasteiger partial charge is 0.261 e. The minimum Gasteiger partial charge on any atom is -0.329 e. The molecule has 6 heteroatoms. The highest BCUT2D eigenvalue weighted by molar-refractivity contribution is 7.92. The van der Waals surface area contributed by atoms with Gasteiger partial charge in [0.05, 0.1) is 21.6 Å². The second kappa shape index (κ2) is 5.94. The molecule has 0 aliphatic rings. The molecule has 0 bridgehead atoms. The summed E-state index contributed by atoms with van der Waals surface area (Å²) in [7, 11) is -3.65. The molecule has 0 unspecified atom stereocenters. The van der Waals surface area contributed by atoms with Crippen LogP contribution in [0.2, 0.25) is 0 Å². The van der Waals surface area contributed by atoms with Crippen molar-refractivity contribution in [1.82, 2.24) is 9.55 Å². The standard InChI is InChI=1S/C18H21N3O2S/c1-5-21-14(4)19-17-11-15(7-9-18(17)21)24(22,23)20-16-8-6-12(2)10-13(16)3/h6-11,20H,5H2,1-4H3. The predicted molar refractivity (Wildman–Crippen MR) is 96.9 cm³/mol. The molecular weight excluding hydrogens is 322 g/mol. The van der Waals surface area contributed by atoms with Crippen LogP contribution in [-0.2, 0) is 16.6 Å². The number of hydrogen-bond donors (Lipinski definition) is 1. The van der Waals surface area contributed by atoms with Gasteiger partial charge in [0.1, 0.15) is 5.82 Å². The van der Waals surface area contributed by atoms with E-state index in [9.17, 15) is 8.42 Å². The van der Waals surface area contributed by atoms with Crippen LogP contribution in [-0.4, -0.2) is 18.0 Å². The lowest BCUT2D eigenvalue weighted by Crippen LogP contribution is -2.13. The maximum atomic E-state index is 12.7. The lowest BCUT2D eigenvalue weighted by molar-refractivity contribution is 0.601. The largest absolute Gasteiger partial charge is 0.329 e. The number of benzene rings is 2. The highest BCUT2D eigenvalue weighted by Crippen LogP contribution is 2.24. The maximum absolute atomic E-state index is 12.7. The number of sulfonamides is 1. The van der Waals surface area contributed by atoms with E-state index in [4.69, 9.17) is 0 Å². The third-order valence-corrected chi connectivity index (χ3v) is 5.53. The normalized spacial score (nSPS) is 11.8. The summed E-state index contributed by atoms with van der Waals surface area (Å²) in [5, 5.41) is 0. The van der Waals surface area contributed by atoms with Crippen LogP contribution in [0.1, 0.15) is 23.9 Å². The fraction of sp³-hybridized carbons (Fsp3) is 0.278. The van der Waals surface area contributed by atoms with Crippen LogP contribution < -0.4 is 4.72 Å². The molecule has 1 N–H and O–H groups in total. The zero-order valence-electron chi connectivity index (χ0n) is 14.3. The summed E-state index contributed by atoms with van der Waals surface area (Å²) in [6, 6.07) is 10.7. The molecule has 0 radical (unpaired) electrons. The van der Waals surface area contributed by atoms with Gasteiger partial charge in [-0.15, -0.1) is 0 Å². The Hall–Kier alpha value is -2.34. The third-order valence-electron chi connectivity index (χ3n) is 4.16. The minimum absolute atomic E-state index is 0.218. The lowest BCUT2D eigenvalue weighted by Gasteiger charge is -2.11. The van der Waals surface area contributed by atoms with Crippen LogP contribution in [0.5, 0.6) is 0 Å². The van der Waals surface area contributed by atoms with E-state index >= 15 is 0 Å². The number of anilines is 1. The van der Waals surface area contributed by atoms with Gasteiger partial charge in [-0.25, -0.2) is 13.4 Å². The van der Waals surface area contributed by atoms with Gasteiger partial charge in [-0.05, 0) is 57.5 Å². The molecular formula is C18H21N3O2S. The molecule has 126 valence electrons. The van der Waals surface area contributed by atoms with Gasteiger partial charge in [-0.3, -0.25) is 4.72 Å². The molecule has 1 aromatic heterocycles. The van der Waals surface area contributed by atoms with Crippen molar-refractivity contribution in [1.29, 1.82) is 0 Å². The summed E-state index contributed by atoms with van der Waals surface area (Å²) < 4.78 is 30.1. The van der Waals surface area contributed by atoms with Gasteiger partial charge in [0, 0.05) is 6.54 Å². The molecule has 0 spiro atoms. The number of aromatic nitrogens is 2. The van der Waals surface area contributed by atoms with Gasteiger partial charge in [0.2, 0.25) is 0 Å². The molecule has 0 fully saturated rings. The van der Waals surface area contributed by atoms with E-state index in [0.29, 0.717) is 11.2 Å². The average molecular weight is 343 g/mol. The van der Waals surface area contributed by atoms with Crippen molar-refractivity contribution in [2.45, 2.75) is 39.1 Å². The van der Waals surface area contributed by atoms with E-state index in [-0.39, 0.29) is 4.90 Å². The van der Waals surface area contributed by atoms with Crippen molar-refractivity contribution in [3.8, 4) is 0 Å². The Morgan fingerprint density at radius 2 is 1.83 bits per heavy atom. The van der Waals surface area contributed by atoms with E-state index in [0.717, 1.165) is 29.0 Å². The molecule has 2 aromatic carbocycles. The SMILES string of the molecule is CCn1c(C)nc2cc(S(=O)(=O)Nc3ccc(C)cc3C)ccc21. The number of fused-ring (bicyclic) bond motifs is 1.